The van der Waals surface area contributed by atoms with Crippen molar-refractivity contribution in [3.63, 3.8) is 0 Å². The highest BCUT2D eigenvalue weighted by Gasteiger charge is 2.14. The van der Waals surface area contributed by atoms with E-state index in [1.165, 1.54) is 0 Å². The number of benzene rings is 1. The maximum absolute atomic E-state index is 5.85. The number of anilines is 1. The fraction of sp³-hybridized carbons (Fsp3) is 0.167. The number of hydrogen-bond donors (Lipinski definition) is 2. The van der Waals surface area contributed by atoms with E-state index in [1.807, 2.05) is 25.1 Å². The standard InChI is InChI=1S/C12H12N4OS/c1-6-10(11(13)16-15-6)12-14-8-5-7(17-2)3-4-9(8)18-12/h3-5H,1-2H3,(H3,13,15,16). The van der Waals surface area contributed by atoms with Crippen LogP contribution in [0.25, 0.3) is 20.8 Å². The van der Waals surface area contributed by atoms with E-state index in [0.29, 0.717) is 5.82 Å². The third kappa shape index (κ3) is 1.62. The molecule has 2 heterocycles. The van der Waals surface area contributed by atoms with Crippen LogP contribution in [0, 0.1) is 6.92 Å². The van der Waals surface area contributed by atoms with Crippen LogP contribution in [0.5, 0.6) is 5.75 Å². The second-order valence-corrected chi connectivity index (χ2v) is 4.99. The van der Waals surface area contributed by atoms with Gasteiger partial charge in [-0.1, -0.05) is 0 Å². The van der Waals surface area contributed by atoms with Crippen molar-refractivity contribution < 1.29 is 4.74 Å². The quantitative estimate of drug-likeness (QED) is 0.742. The van der Waals surface area contributed by atoms with Crippen LogP contribution in [0.1, 0.15) is 5.69 Å². The van der Waals surface area contributed by atoms with E-state index < -0.39 is 0 Å². The van der Waals surface area contributed by atoms with Gasteiger partial charge < -0.3 is 10.5 Å². The van der Waals surface area contributed by atoms with Crippen molar-refractivity contribution in [2.24, 2.45) is 0 Å². The largest absolute Gasteiger partial charge is 0.497 e. The number of aromatic nitrogens is 3. The maximum atomic E-state index is 5.85. The molecule has 0 saturated heterocycles. The first kappa shape index (κ1) is 11.0. The van der Waals surface area contributed by atoms with Crippen LogP contribution in [0.3, 0.4) is 0 Å². The van der Waals surface area contributed by atoms with E-state index in [4.69, 9.17) is 10.5 Å². The Labute approximate surface area is 108 Å². The minimum Gasteiger partial charge on any atom is -0.497 e. The number of hydrogen-bond acceptors (Lipinski definition) is 5. The average molecular weight is 260 g/mol. The van der Waals surface area contributed by atoms with Gasteiger partial charge in [-0.15, -0.1) is 11.3 Å². The number of ether oxygens (including phenoxy) is 1. The number of fused-ring (bicyclic) bond motifs is 1. The van der Waals surface area contributed by atoms with Gasteiger partial charge in [0, 0.05) is 11.8 Å². The summed E-state index contributed by atoms with van der Waals surface area (Å²) in [6, 6.07) is 5.84. The van der Waals surface area contributed by atoms with E-state index in [1.54, 1.807) is 18.4 Å². The van der Waals surface area contributed by atoms with E-state index in [2.05, 4.69) is 15.2 Å². The first-order valence-corrected chi connectivity index (χ1v) is 6.26. The highest BCUT2D eigenvalue weighted by molar-refractivity contribution is 7.21. The SMILES string of the molecule is COc1ccc2sc(-c3c(N)n[nH]c3C)nc2c1. The van der Waals surface area contributed by atoms with E-state index in [-0.39, 0.29) is 0 Å². The van der Waals surface area contributed by atoms with Gasteiger partial charge >= 0.3 is 0 Å². The third-order valence-electron chi connectivity index (χ3n) is 2.78. The fourth-order valence-corrected chi connectivity index (χ4v) is 2.92. The Bertz CT molecular complexity index is 697. The predicted octanol–water partition coefficient (Wildman–Crippen LogP) is 2.59. The number of nitrogens with one attached hydrogen (secondary N) is 1. The first-order chi connectivity index (χ1) is 8.69. The lowest BCUT2D eigenvalue weighted by atomic mass is 10.2. The smallest absolute Gasteiger partial charge is 0.155 e. The van der Waals surface area contributed by atoms with Gasteiger partial charge in [0.15, 0.2) is 5.82 Å². The van der Waals surface area contributed by atoms with Crippen molar-refractivity contribution in [3.8, 4) is 16.3 Å². The summed E-state index contributed by atoms with van der Waals surface area (Å²) < 4.78 is 6.29. The van der Waals surface area contributed by atoms with Crippen LogP contribution >= 0.6 is 11.3 Å². The zero-order valence-corrected chi connectivity index (χ0v) is 10.8. The van der Waals surface area contributed by atoms with Crippen LogP contribution < -0.4 is 10.5 Å². The van der Waals surface area contributed by atoms with Crippen molar-refractivity contribution in [2.45, 2.75) is 6.92 Å². The van der Waals surface area contributed by atoms with Gasteiger partial charge in [-0.2, -0.15) is 5.10 Å². The lowest BCUT2D eigenvalue weighted by Gasteiger charge is -1.96. The molecule has 0 radical (unpaired) electrons. The number of methoxy groups -OCH3 is 1. The summed E-state index contributed by atoms with van der Waals surface area (Å²) in [5.41, 5.74) is 8.58. The van der Waals surface area contributed by atoms with Crippen molar-refractivity contribution in [2.75, 3.05) is 12.8 Å². The molecule has 6 heteroatoms. The lowest BCUT2D eigenvalue weighted by Crippen LogP contribution is -1.87. The van der Waals surface area contributed by atoms with Crippen LogP contribution in [0.2, 0.25) is 0 Å². The molecule has 1 aromatic carbocycles. The number of nitrogen functional groups attached to an aromatic ring is 1. The van der Waals surface area contributed by atoms with Crippen LogP contribution in [0.15, 0.2) is 18.2 Å². The minimum absolute atomic E-state index is 0.485. The average Bonchev–Trinajstić information content (AvgIpc) is 2.91. The highest BCUT2D eigenvalue weighted by Crippen LogP contribution is 2.35. The highest BCUT2D eigenvalue weighted by atomic mass is 32.1. The van der Waals surface area contributed by atoms with Crippen LogP contribution in [0.4, 0.5) is 5.82 Å². The van der Waals surface area contributed by atoms with E-state index in [0.717, 1.165) is 32.2 Å². The summed E-state index contributed by atoms with van der Waals surface area (Å²) in [5, 5.41) is 7.74. The summed E-state index contributed by atoms with van der Waals surface area (Å²) in [5.74, 6) is 1.29. The first-order valence-electron chi connectivity index (χ1n) is 5.44. The Morgan fingerprint density at radius 3 is 2.89 bits per heavy atom. The van der Waals surface area contributed by atoms with Gasteiger partial charge in [-0.05, 0) is 19.1 Å². The topological polar surface area (TPSA) is 76.8 Å². The van der Waals surface area contributed by atoms with Gasteiger partial charge in [0.05, 0.1) is 22.9 Å². The van der Waals surface area contributed by atoms with Crippen molar-refractivity contribution in [1.82, 2.24) is 15.2 Å². The molecule has 92 valence electrons. The number of H-pyrrole nitrogens is 1. The van der Waals surface area contributed by atoms with Gasteiger partial charge in [-0.25, -0.2) is 4.98 Å². The molecule has 0 aliphatic carbocycles. The van der Waals surface area contributed by atoms with Gasteiger partial charge in [0.25, 0.3) is 0 Å². The number of aryl methyl sites for hydroxylation is 1. The van der Waals surface area contributed by atoms with E-state index >= 15 is 0 Å². The summed E-state index contributed by atoms with van der Waals surface area (Å²) in [4.78, 5) is 4.58. The summed E-state index contributed by atoms with van der Waals surface area (Å²) in [6.45, 7) is 1.94. The number of nitrogens with zero attached hydrogens (tertiary/aromatic N) is 2. The molecule has 0 aliphatic heterocycles. The normalized spacial score (nSPS) is 11.0. The molecule has 2 aromatic heterocycles. The third-order valence-corrected chi connectivity index (χ3v) is 3.84. The molecule has 3 rings (SSSR count). The molecule has 0 unspecified atom stereocenters. The molecular formula is C12H12N4OS. The van der Waals surface area contributed by atoms with Crippen molar-refractivity contribution in [3.05, 3.63) is 23.9 Å². The molecule has 0 amide bonds. The number of aromatic amines is 1. The molecule has 0 saturated carbocycles. The van der Waals surface area contributed by atoms with Gasteiger partial charge in [0.1, 0.15) is 10.8 Å². The zero-order valence-electron chi connectivity index (χ0n) is 10.0. The molecule has 0 spiro atoms. The summed E-state index contributed by atoms with van der Waals surface area (Å²) in [7, 11) is 1.65. The number of thiazole rings is 1. The fourth-order valence-electron chi connectivity index (χ4n) is 1.86. The molecule has 5 nitrogen and oxygen atoms in total. The van der Waals surface area contributed by atoms with Crippen LogP contribution in [-0.2, 0) is 0 Å². The van der Waals surface area contributed by atoms with Gasteiger partial charge in [-0.3, -0.25) is 5.10 Å². The Morgan fingerprint density at radius 1 is 1.39 bits per heavy atom. The molecule has 0 fully saturated rings. The molecular weight excluding hydrogens is 248 g/mol. The second-order valence-electron chi connectivity index (χ2n) is 3.96. The van der Waals surface area contributed by atoms with Gasteiger partial charge in [0.2, 0.25) is 0 Å². The molecule has 0 bridgehead atoms. The lowest BCUT2D eigenvalue weighted by molar-refractivity contribution is 0.415. The molecule has 3 aromatic rings. The Morgan fingerprint density at radius 2 is 2.22 bits per heavy atom. The molecule has 18 heavy (non-hydrogen) atoms. The van der Waals surface area contributed by atoms with Crippen molar-refractivity contribution >= 4 is 27.4 Å². The predicted molar refractivity (Wildman–Crippen MR) is 72.9 cm³/mol. The maximum Gasteiger partial charge on any atom is 0.155 e. The molecule has 0 aliphatic rings. The minimum atomic E-state index is 0.485. The zero-order chi connectivity index (χ0) is 12.7. The molecule has 3 N–H and O–H groups in total. The van der Waals surface area contributed by atoms with E-state index in [9.17, 15) is 0 Å². The summed E-state index contributed by atoms with van der Waals surface area (Å²) >= 11 is 1.60. The Hall–Kier alpha value is -2.08. The monoisotopic (exact) mass is 260 g/mol. The summed E-state index contributed by atoms with van der Waals surface area (Å²) in [6.07, 6.45) is 0. The number of rotatable bonds is 2. The van der Waals surface area contributed by atoms with Crippen molar-refractivity contribution in [1.29, 1.82) is 0 Å². The Balaban J connectivity index is 2.19. The molecule has 0 atom stereocenters. The number of nitrogens with two attached hydrogens (primary N) is 1. The second kappa shape index (κ2) is 3.99. The van der Waals surface area contributed by atoms with Crippen LogP contribution in [-0.4, -0.2) is 22.3 Å². The Kier molecular flexibility index (Phi) is 2.45.